The fraction of sp³-hybridized carbons (Fsp3) is 0.929. The van der Waals surface area contributed by atoms with Crippen LogP contribution in [0.25, 0.3) is 0 Å². The third kappa shape index (κ3) is 3.92. The molecule has 0 spiro atoms. The smallest absolute Gasteiger partial charge is 0.320 e. The molecule has 0 bridgehead atoms. The van der Waals surface area contributed by atoms with E-state index in [2.05, 4.69) is 14.7 Å². The van der Waals surface area contributed by atoms with Crippen molar-refractivity contribution in [2.24, 2.45) is 0 Å². The number of carbonyl (C=O) groups is 1. The summed E-state index contributed by atoms with van der Waals surface area (Å²) in [6.07, 6.45) is 7.82. The lowest BCUT2D eigenvalue weighted by atomic mass is 9.91. The highest BCUT2D eigenvalue weighted by Gasteiger charge is 2.30. The van der Waals surface area contributed by atoms with Gasteiger partial charge in [0.2, 0.25) is 0 Å². The summed E-state index contributed by atoms with van der Waals surface area (Å²) < 4.78 is 0. The number of rotatable bonds is 1. The predicted octanol–water partition coefficient (Wildman–Crippen LogP) is 2.61. The number of piperazine rings is 1. The van der Waals surface area contributed by atoms with E-state index in [4.69, 9.17) is 0 Å². The van der Waals surface area contributed by atoms with E-state index >= 15 is 0 Å². The van der Waals surface area contributed by atoms with Crippen molar-refractivity contribution in [2.75, 3.05) is 39.3 Å². The minimum atomic E-state index is 0. The molecular formula is C14H27Cl2N3O. The van der Waals surface area contributed by atoms with Gasteiger partial charge in [-0.2, -0.15) is 0 Å². The second-order valence-corrected chi connectivity index (χ2v) is 5.94. The standard InChI is InChI=1S/C14H25N3O.2ClH/c18-14(16-7-2-1-3-8-16)17-11-9-15(10-12-17)13-5-4-6-13;;/h13H,1-12H2;2*1H. The summed E-state index contributed by atoms with van der Waals surface area (Å²) in [5.74, 6) is 0. The molecule has 2 amide bonds. The Morgan fingerprint density at radius 3 is 1.75 bits per heavy atom. The van der Waals surface area contributed by atoms with Crippen molar-refractivity contribution in [3.63, 3.8) is 0 Å². The number of amides is 2. The highest BCUT2D eigenvalue weighted by atomic mass is 35.5. The number of piperidine rings is 1. The summed E-state index contributed by atoms with van der Waals surface area (Å²) >= 11 is 0. The van der Waals surface area contributed by atoms with Crippen LogP contribution in [0.1, 0.15) is 38.5 Å². The van der Waals surface area contributed by atoms with Crippen LogP contribution in [0.3, 0.4) is 0 Å². The molecule has 2 saturated heterocycles. The topological polar surface area (TPSA) is 26.8 Å². The first-order valence-electron chi connectivity index (χ1n) is 7.62. The Morgan fingerprint density at radius 1 is 0.700 bits per heavy atom. The molecule has 3 fully saturated rings. The maximum atomic E-state index is 12.3. The van der Waals surface area contributed by atoms with Gasteiger partial charge in [-0.05, 0) is 32.1 Å². The summed E-state index contributed by atoms with van der Waals surface area (Å²) in [5, 5.41) is 0. The van der Waals surface area contributed by atoms with Crippen molar-refractivity contribution in [1.29, 1.82) is 0 Å². The van der Waals surface area contributed by atoms with Crippen molar-refractivity contribution < 1.29 is 4.79 Å². The SMILES string of the molecule is Cl.Cl.O=C(N1CCCCC1)N1CCN(C2CCC2)CC1. The van der Waals surface area contributed by atoms with Gasteiger partial charge in [-0.25, -0.2) is 4.79 Å². The van der Waals surface area contributed by atoms with Crippen LogP contribution in [0, 0.1) is 0 Å². The Balaban J connectivity index is 0.000001000. The molecule has 0 radical (unpaired) electrons. The molecular weight excluding hydrogens is 297 g/mol. The Labute approximate surface area is 134 Å². The summed E-state index contributed by atoms with van der Waals surface area (Å²) in [5.41, 5.74) is 0. The third-order valence-corrected chi connectivity index (χ3v) is 4.80. The normalized spacial score (nSPS) is 24.4. The van der Waals surface area contributed by atoms with Gasteiger partial charge in [-0.15, -0.1) is 24.8 Å². The van der Waals surface area contributed by atoms with E-state index in [9.17, 15) is 4.79 Å². The first-order valence-corrected chi connectivity index (χ1v) is 7.62. The van der Waals surface area contributed by atoms with Gasteiger partial charge >= 0.3 is 6.03 Å². The first-order chi connectivity index (χ1) is 8.84. The average molecular weight is 324 g/mol. The number of hydrogen-bond acceptors (Lipinski definition) is 2. The summed E-state index contributed by atoms with van der Waals surface area (Å²) in [4.78, 5) is 19.1. The van der Waals surface area contributed by atoms with E-state index < -0.39 is 0 Å². The molecule has 0 unspecified atom stereocenters. The fourth-order valence-corrected chi connectivity index (χ4v) is 3.32. The highest BCUT2D eigenvalue weighted by molar-refractivity contribution is 5.85. The van der Waals surface area contributed by atoms with E-state index in [0.29, 0.717) is 6.03 Å². The molecule has 4 nitrogen and oxygen atoms in total. The molecule has 0 aromatic rings. The second-order valence-electron chi connectivity index (χ2n) is 5.94. The van der Waals surface area contributed by atoms with E-state index in [0.717, 1.165) is 45.3 Å². The molecule has 2 aliphatic heterocycles. The van der Waals surface area contributed by atoms with Gasteiger partial charge in [0.1, 0.15) is 0 Å². The third-order valence-electron chi connectivity index (χ3n) is 4.80. The fourth-order valence-electron chi connectivity index (χ4n) is 3.32. The van der Waals surface area contributed by atoms with E-state index in [1.165, 1.54) is 38.5 Å². The van der Waals surface area contributed by atoms with Crippen molar-refractivity contribution in [2.45, 2.75) is 44.6 Å². The van der Waals surface area contributed by atoms with Crippen LogP contribution >= 0.6 is 24.8 Å². The molecule has 3 rings (SSSR count). The minimum absolute atomic E-state index is 0. The molecule has 0 atom stereocenters. The number of urea groups is 1. The van der Waals surface area contributed by atoms with E-state index in [-0.39, 0.29) is 24.8 Å². The average Bonchev–Trinajstić information content (AvgIpc) is 2.38. The summed E-state index contributed by atoms with van der Waals surface area (Å²) in [6.45, 7) is 6.00. The highest BCUT2D eigenvalue weighted by Crippen LogP contribution is 2.25. The Morgan fingerprint density at radius 2 is 1.25 bits per heavy atom. The summed E-state index contributed by atoms with van der Waals surface area (Å²) in [6, 6.07) is 1.13. The summed E-state index contributed by atoms with van der Waals surface area (Å²) in [7, 11) is 0. The molecule has 0 aromatic carbocycles. The van der Waals surface area contributed by atoms with Gasteiger partial charge in [0, 0.05) is 45.3 Å². The van der Waals surface area contributed by atoms with Gasteiger partial charge in [0.25, 0.3) is 0 Å². The molecule has 1 aliphatic carbocycles. The molecule has 3 aliphatic rings. The molecule has 1 saturated carbocycles. The predicted molar refractivity (Wildman–Crippen MR) is 86.1 cm³/mol. The number of nitrogens with zero attached hydrogens (tertiary/aromatic N) is 3. The molecule has 0 aromatic heterocycles. The van der Waals surface area contributed by atoms with Crippen LogP contribution in [0.4, 0.5) is 4.79 Å². The molecule has 2 heterocycles. The van der Waals surface area contributed by atoms with Crippen molar-refractivity contribution in [3.05, 3.63) is 0 Å². The number of halogens is 2. The number of carbonyl (C=O) groups excluding carboxylic acids is 1. The van der Waals surface area contributed by atoms with Crippen LogP contribution in [0.2, 0.25) is 0 Å². The zero-order valence-electron chi connectivity index (χ0n) is 12.1. The molecule has 20 heavy (non-hydrogen) atoms. The Kier molecular flexibility index (Phi) is 7.41. The largest absolute Gasteiger partial charge is 0.325 e. The zero-order valence-corrected chi connectivity index (χ0v) is 13.8. The van der Waals surface area contributed by atoms with Crippen LogP contribution in [-0.2, 0) is 0 Å². The van der Waals surface area contributed by atoms with Gasteiger partial charge < -0.3 is 9.80 Å². The quantitative estimate of drug-likeness (QED) is 0.741. The Hall–Kier alpha value is -0.190. The van der Waals surface area contributed by atoms with Gasteiger partial charge in [-0.3, -0.25) is 4.90 Å². The van der Waals surface area contributed by atoms with Crippen LogP contribution < -0.4 is 0 Å². The molecule has 6 heteroatoms. The van der Waals surface area contributed by atoms with Gasteiger partial charge in [0.05, 0.1) is 0 Å². The van der Waals surface area contributed by atoms with E-state index in [1.54, 1.807) is 0 Å². The van der Waals surface area contributed by atoms with Crippen molar-refractivity contribution in [3.8, 4) is 0 Å². The second kappa shape index (κ2) is 8.30. The number of likely N-dealkylation sites (tertiary alicyclic amines) is 1. The van der Waals surface area contributed by atoms with Gasteiger partial charge in [0.15, 0.2) is 0 Å². The monoisotopic (exact) mass is 323 g/mol. The van der Waals surface area contributed by atoms with Gasteiger partial charge in [-0.1, -0.05) is 6.42 Å². The van der Waals surface area contributed by atoms with Crippen molar-refractivity contribution in [1.82, 2.24) is 14.7 Å². The lowest BCUT2D eigenvalue weighted by Crippen LogP contribution is -2.56. The minimum Gasteiger partial charge on any atom is -0.325 e. The lowest BCUT2D eigenvalue weighted by Gasteiger charge is -2.44. The molecule has 118 valence electrons. The number of hydrogen-bond donors (Lipinski definition) is 0. The van der Waals surface area contributed by atoms with Crippen molar-refractivity contribution >= 4 is 30.8 Å². The first kappa shape index (κ1) is 17.9. The maximum absolute atomic E-state index is 12.3. The lowest BCUT2D eigenvalue weighted by molar-refractivity contribution is 0.0617. The van der Waals surface area contributed by atoms with Crippen LogP contribution in [-0.4, -0.2) is 66.0 Å². The maximum Gasteiger partial charge on any atom is 0.320 e. The molecule has 0 N–H and O–H groups in total. The van der Waals surface area contributed by atoms with E-state index in [1.807, 2.05) is 0 Å². The van der Waals surface area contributed by atoms with Crippen LogP contribution in [0.15, 0.2) is 0 Å². The zero-order chi connectivity index (χ0) is 12.4. The van der Waals surface area contributed by atoms with Crippen LogP contribution in [0.5, 0.6) is 0 Å². The Bertz CT molecular complexity index is 299.